The molecule has 0 spiro atoms. The Morgan fingerprint density at radius 2 is 1.06 bits per heavy atom. The first-order chi connectivity index (χ1) is 14.2. The lowest BCUT2D eigenvalue weighted by Crippen LogP contribution is -2.42. The SMILES string of the molecule is C=C(C)C(=O)OCC(COC(=O)C(=C)C)(COC(=O)C(=C)C)CC(CC(=O)O)C(=O)O. The maximum absolute atomic E-state index is 11.9. The Labute approximate surface area is 180 Å². The lowest BCUT2D eigenvalue weighted by Gasteiger charge is -2.34. The molecule has 0 radical (unpaired) electrons. The number of ether oxygens (including phenoxy) is 3. The summed E-state index contributed by atoms with van der Waals surface area (Å²) in [6, 6.07) is 0. The van der Waals surface area contributed by atoms with Gasteiger partial charge < -0.3 is 24.4 Å². The summed E-state index contributed by atoms with van der Waals surface area (Å²) in [7, 11) is 0. The molecule has 1 unspecified atom stereocenters. The molecule has 0 rings (SSSR count). The first-order valence-corrected chi connectivity index (χ1v) is 9.13. The molecule has 0 aliphatic carbocycles. The van der Waals surface area contributed by atoms with Crippen molar-refractivity contribution in [3.8, 4) is 0 Å². The fraction of sp³-hybridized carbons (Fsp3) is 0.476. The Hall–Kier alpha value is -3.43. The molecular formula is C21H28O10. The molecule has 0 aromatic carbocycles. The molecule has 0 fully saturated rings. The number of carboxylic acid groups (broad SMARTS) is 2. The molecule has 0 saturated heterocycles. The normalized spacial score (nSPS) is 11.6. The number of esters is 3. The highest BCUT2D eigenvalue weighted by Gasteiger charge is 2.41. The second kappa shape index (κ2) is 12.3. The van der Waals surface area contributed by atoms with Crippen molar-refractivity contribution in [2.45, 2.75) is 33.6 Å². The van der Waals surface area contributed by atoms with Crippen LogP contribution in [-0.4, -0.2) is 59.9 Å². The number of aliphatic carboxylic acids is 2. The monoisotopic (exact) mass is 440 g/mol. The Morgan fingerprint density at radius 1 is 0.742 bits per heavy atom. The highest BCUT2D eigenvalue weighted by Crippen LogP contribution is 2.31. The summed E-state index contributed by atoms with van der Waals surface area (Å²) in [5.41, 5.74) is -1.41. The average Bonchev–Trinajstić information content (AvgIpc) is 2.66. The van der Waals surface area contributed by atoms with Gasteiger partial charge in [-0.3, -0.25) is 9.59 Å². The molecule has 0 aromatic heterocycles. The Bertz CT molecular complexity index is 703. The van der Waals surface area contributed by atoms with Crippen LogP contribution < -0.4 is 0 Å². The summed E-state index contributed by atoms with van der Waals surface area (Å²) in [5.74, 6) is -6.70. The third-order valence-electron chi connectivity index (χ3n) is 4.02. The maximum Gasteiger partial charge on any atom is 0.333 e. The van der Waals surface area contributed by atoms with Crippen LogP contribution in [0.1, 0.15) is 33.6 Å². The Kier molecular flexibility index (Phi) is 10.9. The van der Waals surface area contributed by atoms with Crippen LogP contribution >= 0.6 is 0 Å². The van der Waals surface area contributed by atoms with E-state index in [1.54, 1.807) is 0 Å². The van der Waals surface area contributed by atoms with E-state index in [1.807, 2.05) is 0 Å². The Morgan fingerprint density at radius 3 is 1.29 bits per heavy atom. The quantitative estimate of drug-likeness (QED) is 0.232. The van der Waals surface area contributed by atoms with Gasteiger partial charge in [0, 0.05) is 16.7 Å². The molecule has 0 amide bonds. The van der Waals surface area contributed by atoms with Crippen LogP contribution in [0.2, 0.25) is 0 Å². The lowest BCUT2D eigenvalue weighted by molar-refractivity contribution is -0.162. The first kappa shape index (κ1) is 27.6. The van der Waals surface area contributed by atoms with Crippen molar-refractivity contribution in [3.63, 3.8) is 0 Å². The van der Waals surface area contributed by atoms with Crippen molar-refractivity contribution in [1.29, 1.82) is 0 Å². The first-order valence-electron chi connectivity index (χ1n) is 9.13. The van der Waals surface area contributed by atoms with Gasteiger partial charge in [-0.15, -0.1) is 0 Å². The van der Waals surface area contributed by atoms with E-state index in [4.69, 9.17) is 19.3 Å². The molecule has 172 valence electrons. The highest BCUT2D eigenvalue weighted by molar-refractivity contribution is 5.88. The molecule has 31 heavy (non-hydrogen) atoms. The number of carbonyl (C=O) groups excluding carboxylic acids is 3. The van der Waals surface area contributed by atoms with Gasteiger partial charge in [-0.2, -0.15) is 0 Å². The van der Waals surface area contributed by atoms with Crippen LogP contribution in [0.25, 0.3) is 0 Å². The fourth-order valence-corrected chi connectivity index (χ4v) is 2.31. The topological polar surface area (TPSA) is 154 Å². The van der Waals surface area contributed by atoms with Gasteiger partial charge >= 0.3 is 29.8 Å². The van der Waals surface area contributed by atoms with Gasteiger partial charge in [0.1, 0.15) is 19.8 Å². The van der Waals surface area contributed by atoms with Crippen molar-refractivity contribution in [2.75, 3.05) is 19.8 Å². The number of carbonyl (C=O) groups is 5. The van der Waals surface area contributed by atoms with Gasteiger partial charge in [0.05, 0.1) is 17.8 Å². The molecule has 0 saturated carbocycles. The zero-order valence-electron chi connectivity index (χ0n) is 17.9. The minimum Gasteiger partial charge on any atom is -0.481 e. The molecule has 0 aliphatic rings. The predicted octanol–water partition coefficient (Wildman–Crippen LogP) is 1.90. The second-order valence-electron chi connectivity index (χ2n) is 7.41. The van der Waals surface area contributed by atoms with Crippen LogP contribution in [-0.2, 0) is 38.2 Å². The smallest absolute Gasteiger partial charge is 0.333 e. The van der Waals surface area contributed by atoms with E-state index in [2.05, 4.69) is 19.7 Å². The van der Waals surface area contributed by atoms with Crippen LogP contribution in [0.15, 0.2) is 36.5 Å². The van der Waals surface area contributed by atoms with Crippen molar-refractivity contribution in [3.05, 3.63) is 36.5 Å². The van der Waals surface area contributed by atoms with E-state index in [9.17, 15) is 29.1 Å². The molecule has 2 N–H and O–H groups in total. The van der Waals surface area contributed by atoms with Crippen LogP contribution in [0, 0.1) is 11.3 Å². The highest BCUT2D eigenvalue weighted by atomic mass is 16.6. The van der Waals surface area contributed by atoms with Gasteiger partial charge in [-0.05, 0) is 27.2 Å². The minimum absolute atomic E-state index is 0.0482. The molecule has 0 aromatic rings. The number of hydrogen-bond acceptors (Lipinski definition) is 8. The third-order valence-corrected chi connectivity index (χ3v) is 4.02. The largest absolute Gasteiger partial charge is 0.481 e. The van der Waals surface area contributed by atoms with Gasteiger partial charge in [0.15, 0.2) is 0 Å². The van der Waals surface area contributed by atoms with E-state index in [-0.39, 0.29) is 16.7 Å². The molecule has 0 aliphatic heterocycles. The van der Waals surface area contributed by atoms with Gasteiger partial charge in [-0.1, -0.05) is 19.7 Å². The van der Waals surface area contributed by atoms with Crippen molar-refractivity contribution in [1.82, 2.24) is 0 Å². The Balaban J connectivity index is 6.05. The molecule has 0 heterocycles. The minimum atomic E-state index is -1.56. The third kappa shape index (κ3) is 10.2. The molecule has 10 heteroatoms. The zero-order chi connectivity index (χ0) is 24.4. The second-order valence-corrected chi connectivity index (χ2v) is 7.41. The van der Waals surface area contributed by atoms with Crippen molar-refractivity contribution >= 4 is 29.8 Å². The van der Waals surface area contributed by atoms with Crippen LogP contribution in [0.3, 0.4) is 0 Å². The number of carboxylic acids is 2. The van der Waals surface area contributed by atoms with E-state index in [0.29, 0.717) is 0 Å². The number of rotatable bonds is 14. The summed E-state index contributed by atoms with van der Waals surface area (Å²) in [4.78, 5) is 58.4. The summed E-state index contributed by atoms with van der Waals surface area (Å²) in [6.45, 7) is 12.9. The standard InChI is InChI=1S/C21H28O10/c1-12(2)18(26)29-9-21(10-30-19(27)13(3)4,11-31-20(28)14(5)6)8-15(17(24)25)7-16(22)23/h15H,1,3,5,7-11H2,2,4,6H3,(H,22,23)(H,24,25). The maximum atomic E-state index is 11.9. The van der Waals surface area contributed by atoms with E-state index in [0.717, 1.165) is 0 Å². The number of hydrogen-bond donors (Lipinski definition) is 2. The van der Waals surface area contributed by atoms with E-state index in [1.165, 1.54) is 20.8 Å². The summed E-state index contributed by atoms with van der Waals surface area (Å²) < 4.78 is 15.4. The molecular weight excluding hydrogens is 412 g/mol. The average molecular weight is 440 g/mol. The van der Waals surface area contributed by atoms with Gasteiger partial charge in [0.25, 0.3) is 0 Å². The molecule has 1 atom stereocenters. The summed E-state index contributed by atoms with van der Waals surface area (Å²) in [6.07, 6.45) is -1.20. The zero-order valence-corrected chi connectivity index (χ0v) is 17.9. The van der Waals surface area contributed by atoms with E-state index >= 15 is 0 Å². The van der Waals surface area contributed by atoms with Gasteiger partial charge in [-0.25, -0.2) is 14.4 Å². The summed E-state index contributed by atoms with van der Waals surface area (Å²) in [5, 5.41) is 18.5. The summed E-state index contributed by atoms with van der Waals surface area (Å²) >= 11 is 0. The predicted molar refractivity (Wildman–Crippen MR) is 108 cm³/mol. The molecule has 0 bridgehead atoms. The lowest BCUT2D eigenvalue weighted by atomic mass is 9.79. The van der Waals surface area contributed by atoms with Gasteiger partial charge in [0.2, 0.25) is 0 Å². The van der Waals surface area contributed by atoms with E-state index < -0.39 is 73.8 Å². The van der Waals surface area contributed by atoms with Crippen LogP contribution in [0.5, 0.6) is 0 Å². The molecule has 10 nitrogen and oxygen atoms in total. The van der Waals surface area contributed by atoms with Crippen LogP contribution in [0.4, 0.5) is 0 Å². The van der Waals surface area contributed by atoms with Crippen molar-refractivity contribution in [2.24, 2.45) is 11.3 Å². The fourth-order valence-electron chi connectivity index (χ4n) is 2.31. The van der Waals surface area contributed by atoms with Crippen molar-refractivity contribution < 1.29 is 48.4 Å².